The smallest absolute Gasteiger partial charge is 0.330 e. The molecule has 0 saturated carbocycles. The van der Waals surface area contributed by atoms with Crippen molar-refractivity contribution in [2.45, 2.75) is 140 Å². The predicted molar refractivity (Wildman–Crippen MR) is 173 cm³/mol. The van der Waals surface area contributed by atoms with Crippen LogP contribution in [-0.4, -0.2) is 140 Å². The molecule has 0 spiro atoms. The fourth-order valence-electron chi connectivity index (χ4n) is 7.12. The van der Waals surface area contributed by atoms with Crippen LogP contribution in [-0.2, 0) is 52.2 Å². The fourth-order valence-corrected chi connectivity index (χ4v) is 7.12. The lowest BCUT2D eigenvalue weighted by molar-refractivity contribution is -0.305. The Morgan fingerprint density at radius 2 is 1.53 bits per heavy atom. The van der Waals surface area contributed by atoms with Gasteiger partial charge in [0.15, 0.2) is 18.4 Å². The standard InChI is InChI=1S/C35H56O14/c1-17-10-13-26(37)46-20(4)22(16-44-34-32(43-9)31(42-8)27(38)21(5)47-34)30-23(48-30)11-12-25(36)35(6,40)15-18(2)29(17)49-33-28(39)24(41-7)14-19(3)45-33/h10-13,17-24,27-34,38-40H,14-16H2,1-9H3/t17-,18+,19+,20-,21-,22+,23-,24-,27+,28-,29-,30+,31+,32+,33-,34-,35-/m1/s1. The molecule has 0 aromatic carbocycles. The van der Waals surface area contributed by atoms with Gasteiger partial charge in [-0.1, -0.05) is 19.9 Å². The van der Waals surface area contributed by atoms with Gasteiger partial charge in [0, 0.05) is 45.7 Å². The highest BCUT2D eigenvalue weighted by Gasteiger charge is 2.50. The summed E-state index contributed by atoms with van der Waals surface area (Å²) >= 11 is 0. The molecule has 280 valence electrons. The topological polar surface area (TPSA) is 181 Å². The lowest BCUT2D eigenvalue weighted by atomic mass is 9.82. The summed E-state index contributed by atoms with van der Waals surface area (Å²) in [6, 6.07) is 0. The van der Waals surface area contributed by atoms with E-state index < -0.39 is 109 Å². The van der Waals surface area contributed by atoms with Crippen LogP contribution in [0.2, 0.25) is 0 Å². The second kappa shape index (κ2) is 17.1. The number of carbonyl (C=O) groups is 2. The summed E-state index contributed by atoms with van der Waals surface area (Å²) in [5, 5.41) is 32.8. The molecule has 49 heavy (non-hydrogen) atoms. The van der Waals surface area contributed by atoms with E-state index in [2.05, 4.69) is 0 Å². The van der Waals surface area contributed by atoms with Gasteiger partial charge in [0.2, 0.25) is 0 Å². The third kappa shape index (κ3) is 9.74. The summed E-state index contributed by atoms with van der Waals surface area (Å²) in [6.07, 6.45) is -2.67. The second-order valence-corrected chi connectivity index (χ2v) is 14.1. The van der Waals surface area contributed by atoms with Crippen molar-refractivity contribution in [1.82, 2.24) is 0 Å². The number of methoxy groups -OCH3 is 3. The Morgan fingerprint density at radius 3 is 2.18 bits per heavy atom. The van der Waals surface area contributed by atoms with Crippen molar-refractivity contribution >= 4 is 11.8 Å². The maximum absolute atomic E-state index is 13.3. The Morgan fingerprint density at radius 1 is 0.837 bits per heavy atom. The van der Waals surface area contributed by atoms with Gasteiger partial charge in [-0.3, -0.25) is 4.79 Å². The highest BCUT2D eigenvalue weighted by atomic mass is 16.7. The third-order valence-corrected chi connectivity index (χ3v) is 10.1. The van der Waals surface area contributed by atoms with Crippen LogP contribution in [0, 0.1) is 17.8 Å². The van der Waals surface area contributed by atoms with Crippen LogP contribution < -0.4 is 0 Å². The van der Waals surface area contributed by atoms with Crippen LogP contribution in [0.3, 0.4) is 0 Å². The van der Waals surface area contributed by atoms with Gasteiger partial charge >= 0.3 is 5.97 Å². The average molecular weight is 701 g/mol. The Bertz CT molecular complexity index is 1160. The lowest BCUT2D eigenvalue weighted by Crippen LogP contribution is -2.59. The van der Waals surface area contributed by atoms with E-state index in [1.54, 1.807) is 26.0 Å². The van der Waals surface area contributed by atoms with Crippen molar-refractivity contribution in [1.29, 1.82) is 0 Å². The van der Waals surface area contributed by atoms with Gasteiger partial charge in [0.25, 0.3) is 0 Å². The van der Waals surface area contributed by atoms with Gasteiger partial charge in [-0.2, -0.15) is 0 Å². The molecule has 4 aliphatic heterocycles. The minimum atomic E-state index is -1.75. The quantitative estimate of drug-likeness (QED) is 0.245. The minimum absolute atomic E-state index is 0.0234. The largest absolute Gasteiger partial charge is 0.459 e. The molecule has 4 heterocycles. The predicted octanol–water partition coefficient (Wildman–Crippen LogP) is 1.46. The van der Waals surface area contributed by atoms with Crippen LogP contribution in [0.15, 0.2) is 24.3 Å². The van der Waals surface area contributed by atoms with Gasteiger partial charge in [-0.25, -0.2) is 4.79 Å². The number of aliphatic hydroxyl groups excluding tert-OH is 2. The molecule has 4 aliphatic rings. The molecule has 4 rings (SSSR count). The Labute approximate surface area is 288 Å². The number of hydrogen-bond acceptors (Lipinski definition) is 14. The number of carbonyl (C=O) groups excluding carboxylic acids is 2. The maximum Gasteiger partial charge on any atom is 0.330 e. The zero-order valence-corrected chi connectivity index (χ0v) is 30.0. The number of cyclic esters (lactones) is 1. The lowest BCUT2D eigenvalue weighted by Gasteiger charge is -2.42. The first-order chi connectivity index (χ1) is 23.1. The van der Waals surface area contributed by atoms with E-state index >= 15 is 0 Å². The van der Waals surface area contributed by atoms with Crippen molar-refractivity contribution in [2.75, 3.05) is 27.9 Å². The van der Waals surface area contributed by atoms with Gasteiger partial charge < -0.3 is 58.0 Å². The number of fused-ring (bicyclic) bond motifs is 1. The zero-order chi connectivity index (χ0) is 36.2. The summed E-state index contributed by atoms with van der Waals surface area (Å²) < 4.78 is 52.6. The summed E-state index contributed by atoms with van der Waals surface area (Å²) in [7, 11) is 4.46. The van der Waals surface area contributed by atoms with E-state index in [1.165, 1.54) is 40.4 Å². The van der Waals surface area contributed by atoms with Crippen molar-refractivity contribution in [3.05, 3.63) is 24.3 Å². The number of hydrogen-bond donors (Lipinski definition) is 3. The highest BCUT2D eigenvalue weighted by molar-refractivity contribution is 5.96. The summed E-state index contributed by atoms with van der Waals surface area (Å²) in [5.74, 6) is -2.45. The van der Waals surface area contributed by atoms with E-state index in [1.807, 2.05) is 20.8 Å². The van der Waals surface area contributed by atoms with E-state index in [0.29, 0.717) is 6.42 Å². The second-order valence-electron chi connectivity index (χ2n) is 14.1. The molecule has 17 atom stereocenters. The van der Waals surface area contributed by atoms with Gasteiger partial charge in [0.1, 0.15) is 42.2 Å². The van der Waals surface area contributed by atoms with Crippen molar-refractivity contribution < 1.29 is 67.5 Å². The molecule has 0 amide bonds. The Balaban J connectivity index is 1.56. The molecule has 0 aromatic rings. The number of ketones is 1. The maximum atomic E-state index is 13.3. The normalized spacial score (nSPS) is 47.0. The molecular weight excluding hydrogens is 644 g/mol. The van der Waals surface area contributed by atoms with Crippen LogP contribution in [0.25, 0.3) is 0 Å². The fraction of sp³-hybridized carbons (Fsp3) is 0.829. The molecule has 0 unspecified atom stereocenters. The average Bonchev–Trinajstić information content (AvgIpc) is 3.82. The zero-order valence-electron chi connectivity index (χ0n) is 30.0. The van der Waals surface area contributed by atoms with Crippen LogP contribution in [0.4, 0.5) is 0 Å². The highest BCUT2D eigenvalue weighted by Crippen LogP contribution is 2.37. The molecule has 14 heteroatoms. The molecule has 0 aromatic heterocycles. The van der Waals surface area contributed by atoms with Crippen molar-refractivity contribution in [2.24, 2.45) is 17.8 Å². The van der Waals surface area contributed by atoms with Gasteiger partial charge in [-0.05, 0) is 52.2 Å². The van der Waals surface area contributed by atoms with E-state index in [0.717, 1.165) is 0 Å². The van der Waals surface area contributed by atoms with Crippen LogP contribution in [0.5, 0.6) is 0 Å². The summed E-state index contributed by atoms with van der Waals surface area (Å²) in [5.41, 5.74) is -1.75. The number of rotatable bonds is 8. The summed E-state index contributed by atoms with van der Waals surface area (Å²) in [4.78, 5) is 26.5. The first kappa shape index (κ1) is 40.0. The molecule has 3 saturated heterocycles. The molecule has 3 fully saturated rings. The first-order valence-electron chi connectivity index (χ1n) is 17.1. The Hall–Kier alpha value is -1.82. The van der Waals surface area contributed by atoms with E-state index in [-0.39, 0.29) is 19.1 Å². The number of aliphatic hydroxyl groups is 3. The number of esters is 1. The third-order valence-electron chi connectivity index (χ3n) is 10.1. The summed E-state index contributed by atoms with van der Waals surface area (Å²) in [6.45, 7) is 10.4. The van der Waals surface area contributed by atoms with Crippen LogP contribution >= 0.6 is 0 Å². The molecule has 0 bridgehead atoms. The Kier molecular flexibility index (Phi) is 14.0. The van der Waals surface area contributed by atoms with Crippen LogP contribution in [0.1, 0.15) is 54.4 Å². The SMILES string of the molecule is CO[C@@H]1[C@H](OC[C@@H]2[C@@H]3O[C@@H]3C=CC(=O)[C@](C)(O)C[C@H](C)[C@H](O[C@H]3O[C@@H](C)C[C@@H](OC)[C@H]3O)[C@H](C)C=CC(=O)O[C@@H]2C)O[C@H](C)[C@H](O)[C@@H]1OC. The van der Waals surface area contributed by atoms with Crippen molar-refractivity contribution in [3.63, 3.8) is 0 Å². The molecule has 0 aliphatic carbocycles. The minimum Gasteiger partial charge on any atom is -0.459 e. The van der Waals surface area contributed by atoms with Gasteiger partial charge in [-0.15, -0.1) is 0 Å². The molecule has 14 nitrogen and oxygen atoms in total. The number of ether oxygens (including phenoxy) is 9. The van der Waals surface area contributed by atoms with Gasteiger partial charge in [0.05, 0.1) is 37.1 Å². The molecular formula is C35H56O14. The number of epoxide rings is 1. The van der Waals surface area contributed by atoms with E-state index in [9.17, 15) is 24.9 Å². The first-order valence-corrected chi connectivity index (χ1v) is 17.1. The molecule has 0 radical (unpaired) electrons. The molecule has 3 N–H and O–H groups in total. The van der Waals surface area contributed by atoms with E-state index in [4.69, 9.17) is 42.6 Å². The van der Waals surface area contributed by atoms with Crippen molar-refractivity contribution in [3.8, 4) is 0 Å². The monoisotopic (exact) mass is 700 g/mol.